The molecule has 3 fully saturated rings. The van der Waals surface area contributed by atoms with Gasteiger partial charge in [0.2, 0.25) is 0 Å². The first-order valence-corrected chi connectivity index (χ1v) is 9.07. The van der Waals surface area contributed by atoms with Crippen molar-refractivity contribution in [3.05, 3.63) is 23.3 Å². The van der Waals surface area contributed by atoms with E-state index in [2.05, 4.69) is 20.4 Å². The van der Waals surface area contributed by atoms with Crippen molar-refractivity contribution >= 4 is 5.97 Å². The van der Waals surface area contributed by atoms with E-state index in [0.29, 0.717) is 12.0 Å². The molecule has 0 N–H and O–H groups in total. The highest BCUT2D eigenvalue weighted by Crippen LogP contribution is 2.57. The van der Waals surface area contributed by atoms with Crippen molar-refractivity contribution in [2.75, 3.05) is 0 Å². The highest BCUT2D eigenvalue weighted by Gasteiger charge is 2.58. The zero-order chi connectivity index (χ0) is 16.4. The Bertz CT molecular complexity index is 604. The molecular formula is C20H28O3. The number of ether oxygens (including phenoxy) is 2. The number of epoxide rings is 1. The van der Waals surface area contributed by atoms with Crippen LogP contribution in [0.3, 0.4) is 0 Å². The fourth-order valence-electron chi connectivity index (χ4n) is 5.27. The van der Waals surface area contributed by atoms with Gasteiger partial charge >= 0.3 is 5.97 Å². The van der Waals surface area contributed by atoms with Crippen molar-refractivity contribution < 1.29 is 14.3 Å². The van der Waals surface area contributed by atoms with Gasteiger partial charge in [0.15, 0.2) is 0 Å². The largest absolute Gasteiger partial charge is 0.458 e. The third-order valence-corrected chi connectivity index (χ3v) is 6.96. The molecule has 0 aromatic rings. The third kappa shape index (κ3) is 2.39. The van der Waals surface area contributed by atoms with Crippen molar-refractivity contribution in [3.8, 4) is 0 Å². The van der Waals surface area contributed by atoms with Crippen LogP contribution in [-0.2, 0) is 14.3 Å². The van der Waals surface area contributed by atoms with E-state index < -0.39 is 0 Å². The number of allylic oxidation sites excluding steroid dienone is 1. The van der Waals surface area contributed by atoms with E-state index in [1.165, 1.54) is 11.1 Å². The van der Waals surface area contributed by atoms with Gasteiger partial charge in [0.05, 0.1) is 11.7 Å². The van der Waals surface area contributed by atoms with Crippen LogP contribution in [0.15, 0.2) is 23.3 Å². The summed E-state index contributed by atoms with van der Waals surface area (Å²) in [5.41, 5.74) is 3.68. The van der Waals surface area contributed by atoms with Gasteiger partial charge in [0.25, 0.3) is 0 Å². The van der Waals surface area contributed by atoms with Crippen molar-refractivity contribution in [2.24, 2.45) is 11.3 Å². The smallest absolute Gasteiger partial charge is 0.333 e. The lowest BCUT2D eigenvalue weighted by atomic mass is 9.69. The van der Waals surface area contributed by atoms with Crippen LogP contribution in [0.2, 0.25) is 0 Å². The van der Waals surface area contributed by atoms with E-state index in [9.17, 15) is 4.79 Å². The monoisotopic (exact) mass is 316 g/mol. The Hall–Kier alpha value is -1.09. The van der Waals surface area contributed by atoms with Crippen molar-refractivity contribution in [2.45, 2.75) is 83.5 Å². The summed E-state index contributed by atoms with van der Waals surface area (Å²) in [5.74, 6) is 0.262. The fraction of sp³-hybridized carbons (Fsp3) is 0.750. The zero-order valence-corrected chi connectivity index (χ0v) is 14.6. The minimum atomic E-state index is -0.116. The molecule has 2 saturated carbocycles. The van der Waals surface area contributed by atoms with Crippen molar-refractivity contribution in [1.29, 1.82) is 0 Å². The molecule has 5 atom stereocenters. The molecule has 0 spiro atoms. The molecule has 1 saturated heterocycles. The van der Waals surface area contributed by atoms with Crippen LogP contribution in [0.4, 0.5) is 0 Å². The van der Waals surface area contributed by atoms with Gasteiger partial charge in [-0.2, -0.15) is 0 Å². The Morgan fingerprint density at radius 2 is 1.91 bits per heavy atom. The maximum Gasteiger partial charge on any atom is 0.333 e. The number of rotatable bonds is 0. The molecule has 0 unspecified atom stereocenters. The minimum absolute atomic E-state index is 0.0185. The Kier molecular flexibility index (Phi) is 3.32. The summed E-state index contributed by atoms with van der Waals surface area (Å²) < 4.78 is 11.9. The molecule has 0 aromatic carbocycles. The Morgan fingerprint density at radius 3 is 2.70 bits per heavy atom. The molecule has 4 aliphatic rings. The van der Waals surface area contributed by atoms with Crippen LogP contribution in [-0.4, -0.2) is 23.8 Å². The molecule has 0 radical (unpaired) electrons. The lowest BCUT2D eigenvalue weighted by Gasteiger charge is -2.40. The predicted molar refractivity (Wildman–Crippen MR) is 88.9 cm³/mol. The van der Waals surface area contributed by atoms with E-state index in [4.69, 9.17) is 9.47 Å². The summed E-state index contributed by atoms with van der Waals surface area (Å²) in [5, 5.41) is 0. The maximum absolute atomic E-state index is 12.3. The first-order chi connectivity index (χ1) is 10.8. The summed E-state index contributed by atoms with van der Waals surface area (Å²) in [6, 6.07) is 0. The van der Waals surface area contributed by atoms with Crippen molar-refractivity contribution in [3.63, 3.8) is 0 Å². The van der Waals surface area contributed by atoms with Gasteiger partial charge in [-0.15, -0.1) is 0 Å². The second kappa shape index (κ2) is 4.95. The summed E-state index contributed by atoms with van der Waals surface area (Å²) >= 11 is 0. The molecule has 0 amide bonds. The molecule has 126 valence electrons. The van der Waals surface area contributed by atoms with Gasteiger partial charge in [-0.25, -0.2) is 4.79 Å². The van der Waals surface area contributed by atoms with E-state index in [0.717, 1.165) is 50.5 Å². The molecular weight excluding hydrogens is 288 g/mol. The van der Waals surface area contributed by atoms with Gasteiger partial charge < -0.3 is 9.47 Å². The van der Waals surface area contributed by atoms with Gasteiger partial charge in [0.1, 0.15) is 6.10 Å². The van der Waals surface area contributed by atoms with Gasteiger partial charge in [-0.3, -0.25) is 0 Å². The third-order valence-electron chi connectivity index (χ3n) is 6.96. The van der Waals surface area contributed by atoms with Gasteiger partial charge in [-0.1, -0.05) is 24.6 Å². The first-order valence-electron chi connectivity index (χ1n) is 9.07. The van der Waals surface area contributed by atoms with Gasteiger partial charge in [-0.05, 0) is 57.8 Å². The zero-order valence-electron chi connectivity index (χ0n) is 14.6. The van der Waals surface area contributed by atoms with Crippen LogP contribution in [0.5, 0.6) is 0 Å². The highest BCUT2D eigenvalue weighted by molar-refractivity contribution is 5.90. The lowest BCUT2D eigenvalue weighted by molar-refractivity contribution is -0.152. The second-order valence-corrected chi connectivity index (χ2v) is 8.64. The lowest BCUT2D eigenvalue weighted by Crippen LogP contribution is -2.42. The van der Waals surface area contributed by atoms with E-state index in [1.807, 2.05) is 6.92 Å². The van der Waals surface area contributed by atoms with E-state index in [1.54, 1.807) is 0 Å². The second-order valence-electron chi connectivity index (χ2n) is 8.64. The number of carbonyl (C=O) groups is 1. The maximum atomic E-state index is 12.3. The summed E-state index contributed by atoms with van der Waals surface area (Å²) in [7, 11) is 0. The molecule has 0 aromatic heterocycles. The van der Waals surface area contributed by atoms with Crippen LogP contribution in [0, 0.1) is 11.3 Å². The predicted octanol–water partition coefficient (Wildman–Crippen LogP) is 4.32. The number of hydrogen-bond donors (Lipinski definition) is 0. The Morgan fingerprint density at radius 1 is 1.17 bits per heavy atom. The van der Waals surface area contributed by atoms with Gasteiger partial charge in [0, 0.05) is 17.9 Å². The van der Waals surface area contributed by atoms with Crippen LogP contribution in [0.25, 0.3) is 0 Å². The SMILES string of the molecule is C=C1CC[C@H]2O[C@]2(C)C[C@H]2OC(=O)C(C)=C3CC[C@@](C)(CC1)[C@@H]32. The van der Waals surface area contributed by atoms with E-state index in [-0.39, 0.29) is 23.1 Å². The molecule has 23 heavy (non-hydrogen) atoms. The molecule has 3 nitrogen and oxygen atoms in total. The van der Waals surface area contributed by atoms with Crippen LogP contribution < -0.4 is 0 Å². The number of carbonyl (C=O) groups excluding carboxylic acids is 1. The normalized spacial score (nSPS) is 46.7. The number of fused-ring (bicyclic) bond motifs is 1. The summed E-state index contributed by atoms with van der Waals surface area (Å²) in [6.45, 7) is 10.8. The summed E-state index contributed by atoms with van der Waals surface area (Å²) in [6.07, 6.45) is 7.69. The van der Waals surface area contributed by atoms with E-state index >= 15 is 0 Å². The highest BCUT2D eigenvalue weighted by atomic mass is 16.6. The van der Waals surface area contributed by atoms with Crippen LogP contribution in [0.1, 0.15) is 65.7 Å². The fourth-order valence-corrected chi connectivity index (χ4v) is 5.27. The van der Waals surface area contributed by atoms with Crippen LogP contribution >= 0.6 is 0 Å². The number of esters is 1. The van der Waals surface area contributed by atoms with Crippen molar-refractivity contribution in [1.82, 2.24) is 0 Å². The molecule has 4 rings (SSSR count). The Balaban J connectivity index is 1.73. The topological polar surface area (TPSA) is 38.8 Å². The molecule has 3 heteroatoms. The molecule has 2 aliphatic heterocycles. The average Bonchev–Trinajstić information content (AvgIpc) is 2.99. The standard InChI is InChI=1S/C20H28O3/c1-12-5-6-16-20(4,23-16)11-15-17-14(13(2)18(21)22-15)8-10-19(17,3)9-7-12/h15-17H,1,5-11H2,2-4H3/t15-,16-,17+,19-,20-/m1/s1. The molecule has 2 aliphatic carbocycles. The number of hydrogen-bond acceptors (Lipinski definition) is 3. The summed E-state index contributed by atoms with van der Waals surface area (Å²) in [4.78, 5) is 12.3. The first kappa shape index (κ1) is 15.4. The molecule has 0 bridgehead atoms. The average molecular weight is 316 g/mol. The quantitative estimate of drug-likeness (QED) is 0.379. The molecule has 2 heterocycles. The minimum Gasteiger partial charge on any atom is -0.458 e. The Labute approximate surface area is 139 Å².